The van der Waals surface area contributed by atoms with Crippen LogP contribution >= 0.6 is 0 Å². The lowest BCUT2D eigenvalue weighted by molar-refractivity contribution is 0.179. The summed E-state index contributed by atoms with van der Waals surface area (Å²) < 4.78 is 4.72. The molecule has 1 amide bonds. The van der Waals surface area contributed by atoms with E-state index in [2.05, 4.69) is 12.1 Å². The van der Waals surface area contributed by atoms with Gasteiger partial charge in [-0.3, -0.25) is 4.90 Å². The molecule has 14 heavy (non-hydrogen) atoms. The summed E-state index contributed by atoms with van der Waals surface area (Å²) in [6.45, 7) is 2.75. The van der Waals surface area contributed by atoms with Gasteiger partial charge in [0.05, 0.1) is 12.8 Å². The van der Waals surface area contributed by atoms with Crippen molar-refractivity contribution in [3.8, 4) is 0 Å². The molecule has 1 aliphatic heterocycles. The molecule has 3 nitrogen and oxygen atoms in total. The highest BCUT2D eigenvalue weighted by Gasteiger charge is 2.24. The number of hydrogen-bond acceptors (Lipinski definition) is 2. The maximum absolute atomic E-state index is 11.4. The summed E-state index contributed by atoms with van der Waals surface area (Å²) in [5.41, 5.74) is 3.39. The van der Waals surface area contributed by atoms with Crippen molar-refractivity contribution < 1.29 is 9.53 Å². The van der Waals surface area contributed by atoms with Gasteiger partial charge in [0.15, 0.2) is 0 Å². The Labute approximate surface area is 83.3 Å². The number of ether oxygens (including phenoxy) is 1. The summed E-state index contributed by atoms with van der Waals surface area (Å²) >= 11 is 0. The van der Waals surface area contributed by atoms with Crippen LogP contribution in [0.5, 0.6) is 0 Å². The lowest BCUT2D eigenvalue weighted by atomic mass is 10.1. The summed E-state index contributed by atoms with van der Waals surface area (Å²) in [6, 6.07) is 6.17. The third-order valence-electron chi connectivity index (χ3n) is 2.53. The highest BCUT2D eigenvalue weighted by Crippen LogP contribution is 2.29. The van der Waals surface area contributed by atoms with Gasteiger partial charge in [-0.25, -0.2) is 4.79 Å². The predicted molar refractivity (Wildman–Crippen MR) is 54.6 cm³/mol. The number of anilines is 1. The summed E-state index contributed by atoms with van der Waals surface area (Å²) in [6.07, 6.45) is 0.652. The Morgan fingerprint density at radius 3 is 3.00 bits per heavy atom. The molecule has 0 N–H and O–H groups in total. The average molecular weight is 191 g/mol. The van der Waals surface area contributed by atoms with Crippen LogP contribution < -0.4 is 4.90 Å². The average Bonchev–Trinajstić information content (AvgIpc) is 2.59. The first-order valence-electron chi connectivity index (χ1n) is 4.67. The maximum Gasteiger partial charge on any atom is 0.414 e. The van der Waals surface area contributed by atoms with Crippen LogP contribution in [0, 0.1) is 6.92 Å². The van der Waals surface area contributed by atoms with Gasteiger partial charge in [0, 0.05) is 6.54 Å². The monoisotopic (exact) mass is 191 g/mol. The minimum atomic E-state index is -0.269. The molecule has 0 unspecified atom stereocenters. The van der Waals surface area contributed by atoms with Gasteiger partial charge in [-0.1, -0.05) is 12.1 Å². The van der Waals surface area contributed by atoms with E-state index in [0.717, 1.165) is 18.7 Å². The SMILES string of the molecule is COC(=O)N1CCc2ccc(C)cc21. The molecule has 0 aliphatic carbocycles. The molecule has 0 atom stereocenters. The number of benzene rings is 1. The van der Waals surface area contributed by atoms with Gasteiger partial charge >= 0.3 is 6.09 Å². The Kier molecular flexibility index (Phi) is 2.15. The second-order valence-electron chi connectivity index (χ2n) is 3.50. The lowest BCUT2D eigenvalue weighted by Crippen LogP contribution is -2.28. The first-order valence-corrected chi connectivity index (χ1v) is 4.67. The highest BCUT2D eigenvalue weighted by molar-refractivity contribution is 5.90. The topological polar surface area (TPSA) is 29.5 Å². The number of hydrogen-bond donors (Lipinski definition) is 0. The van der Waals surface area contributed by atoms with E-state index in [4.69, 9.17) is 4.74 Å². The minimum Gasteiger partial charge on any atom is -0.452 e. The number of nitrogens with zero attached hydrogens (tertiary/aromatic N) is 1. The van der Waals surface area contributed by atoms with Crippen molar-refractivity contribution in [1.82, 2.24) is 0 Å². The van der Waals surface area contributed by atoms with E-state index in [1.165, 1.54) is 18.2 Å². The first-order chi connectivity index (χ1) is 6.72. The summed E-state index contributed by atoms with van der Waals surface area (Å²) in [5, 5.41) is 0. The number of carbonyl (C=O) groups is 1. The van der Waals surface area contributed by atoms with Crippen LogP contribution in [0.4, 0.5) is 10.5 Å². The number of fused-ring (bicyclic) bond motifs is 1. The van der Waals surface area contributed by atoms with Crippen LogP contribution in [0.25, 0.3) is 0 Å². The molecule has 1 aromatic rings. The molecule has 0 aromatic heterocycles. The summed E-state index contributed by atoms with van der Waals surface area (Å²) in [5.74, 6) is 0. The van der Waals surface area contributed by atoms with E-state index in [-0.39, 0.29) is 6.09 Å². The van der Waals surface area contributed by atoms with Crippen LogP contribution in [-0.2, 0) is 11.2 Å². The highest BCUT2D eigenvalue weighted by atomic mass is 16.5. The molecule has 74 valence electrons. The molecule has 3 heteroatoms. The summed E-state index contributed by atoms with van der Waals surface area (Å²) in [7, 11) is 1.41. The van der Waals surface area contributed by atoms with Gasteiger partial charge in [-0.05, 0) is 30.5 Å². The van der Waals surface area contributed by atoms with E-state index in [9.17, 15) is 4.79 Å². The lowest BCUT2D eigenvalue weighted by Gasteiger charge is -2.15. The van der Waals surface area contributed by atoms with E-state index in [0.29, 0.717) is 0 Å². The normalized spacial score (nSPS) is 14.0. The molecule has 0 fully saturated rings. The molecule has 1 aliphatic rings. The molecule has 1 heterocycles. The van der Waals surface area contributed by atoms with E-state index < -0.39 is 0 Å². The fourth-order valence-corrected chi connectivity index (χ4v) is 1.79. The van der Waals surface area contributed by atoms with Gasteiger partial charge in [-0.15, -0.1) is 0 Å². The smallest absolute Gasteiger partial charge is 0.414 e. The van der Waals surface area contributed by atoms with Gasteiger partial charge in [-0.2, -0.15) is 0 Å². The van der Waals surface area contributed by atoms with Crippen molar-refractivity contribution in [3.05, 3.63) is 29.3 Å². The zero-order valence-corrected chi connectivity index (χ0v) is 8.41. The number of aryl methyl sites for hydroxylation is 1. The number of rotatable bonds is 0. The maximum atomic E-state index is 11.4. The Morgan fingerprint density at radius 2 is 2.29 bits per heavy atom. The molecule has 0 saturated carbocycles. The van der Waals surface area contributed by atoms with E-state index in [1.54, 1.807) is 4.90 Å². The Bertz CT molecular complexity index is 374. The zero-order chi connectivity index (χ0) is 10.1. The molecular weight excluding hydrogens is 178 g/mol. The van der Waals surface area contributed by atoms with Crippen molar-refractivity contribution in [3.63, 3.8) is 0 Å². The van der Waals surface area contributed by atoms with Crippen LogP contribution in [0.1, 0.15) is 11.1 Å². The molecule has 0 saturated heterocycles. The van der Waals surface area contributed by atoms with Crippen molar-refractivity contribution in [2.45, 2.75) is 13.3 Å². The van der Waals surface area contributed by atoms with Crippen molar-refractivity contribution >= 4 is 11.8 Å². The molecule has 2 rings (SSSR count). The predicted octanol–water partition coefficient (Wildman–Crippen LogP) is 2.12. The van der Waals surface area contributed by atoms with E-state index >= 15 is 0 Å². The van der Waals surface area contributed by atoms with Crippen LogP contribution in [0.3, 0.4) is 0 Å². The van der Waals surface area contributed by atoms with Gasteiger partial charge in [0.1, 0.15) is 0 Å². The number of methoxy groups -OCH3 is 1. The second kappa shape index (κ2) is 3.33. The molecule has 0 radical (unpaired) electrons. The van der Waals surface area contributed by atoms with Crippen molar-refractivity contribution in [2.75, 3.05) is 18.6 Å². The number of amides is 1. The van der Waals surface area contributed by atoms with Gasteiger partial charge in [0.25, 0.3) is 0 Å². The van der Waals surface area contributed by atoms with Crippen LogP contribution in [0.15, 0.2) is 18.2 Å². The second-order valence-corrected chi connectivity index (χ2v) is 3.50. The Morgan fingerprint density at radius 1 is 1.50 bits per heavy atom. The fourth-order valence-electron chi connectivity index (χ4n) is 1.79. The molecular formula is C11H13NO2. The van der Waals surface area contributed by atoms with E-state index in [1.807, 2.05) is 13.0 Å². The zero-order valence-electron chi connectivity index (χ0n) is 8.41. The van der Waals surface area contributed by atoms with Crippen molar-refractivity contribution in [2.24, 2.45) is 0 Å². The van der Waals surface area contributed by atoms with Crippen LogP contribution in [0.2, 0.25) is 0 Å². The molecule has 0 spiro atoms. The third-order valence-corrected chi connectivity index (χ3v) is 2.53. The van der Waals surface area contributed by atoms with Gasteiger partial charge in [0.2, 0.25) is 0 Å². The quantitative estimate of drug-likeness (QED) is 0.628. The standard InChI is InChI=1S/C11H13NO2/c1-8-3-4-9-5-6-12(10(9)7-8)11(13)14-2/h3-4,7H,5-6H2,1-2H3. The molecule has 1 aromatic carbocycles. The molecule has 0 bridgehead atoms. The third kappa shape index (κ3) is 1.35. The summed E-state index contributed by atoms with van der Waals surface area (Å²) in [4.78, 5) is 13.1. The van der Waals surface area contributed by atoms with Crippen molar-refractivity contribution in [1.29, 1.82) is 0 Å². The minimum absolute atomic E-state index is 0.269. The van der Waals surface area contributed by atoms with Gasteiger partial charge < -0.3 is 4.74 Å². The fraction of sp³-hybridized carbons (Fsp3) is 0.364. The number of carbonyl (C=O) groups excluding carboxylic acids is 1. The Hall–Kier alpha value is -1.51. The Balaban J connectivity index is 2.38. The first kappa shape index (κ1) is 9.06. The van der Waals surface area contributed by atoms with Crippen LogP contribution in [-0.4, -0.2) is 19.7 Å². The largest absolute Gasteiger partial charge is 0.452 e.